The van der Waals surface area contributed by atoms with E-state index in [0.717, 1.165) is 5.56 Å². The van der Waals surface area contributed by atoms with Crippen LogP contribution in [0.2, 0.25) is 0 Å². The third-order valence-electron chi connectivity index (χ3n) is 4.50. The molecule has 2 heterocycles. The minimum atomic E-state index is -0.912. The summed E-state index contributed by atoms with van der Waals surface area (Å²) in [7, 11) is 0. The van der Waals surface area contributed by atoms with Gasteiger partial charge in [-0.05, 0) is 31.4 Å². The van der Waals surface area contributed by atoms with Gasteiger partial charge in [-0.2, -0.15) is 10.2 Å². The normalized spacial score (nSPS) is 11.8. The Morgan fingerprint density at radius 3 is 2.62 bits per heavy atom. The number of carboxylic acids is 1. The van der Waals surface area contributed by atoms with Gasteiger partial charge in [0.1, 0.15) is 0 Å². The monoisotopic (exact) mass is 395 g/mol. The lowest BCUT2D eigenvalue weighted by atomic mass is 10.0. The van der Waals surface area contributed by atoms with Gasteiger partial charge in [0.2, 0.25) is 0 Å². The molecule has 3 rings (SSSR count). The number of nitrogens with zero attached hydrogens (tertiary/aromatic N) is 3. The van der Waals surface area contributed by atoms with Crippen molar-refractivity contribution in [1.29, 1.82) is 0 Å². The largest absolute Gasteiger partial charge is 0.481 e. The molecule has 1 atom stereocenters. The van der Waals surface area contributed by atoms with Crippen LogP contribution in [0.4, 0.5) is 0 Å². The fraction of sp³-hybridized carbons (Fsp3) is 0.250. The Balaban J connectivity index is 1.77. The second-order valence-electron chi connectivity index (χ2n) is 6.63. The molecule has 0 bridgehead atoms. The number of carboxylic acid groups (broad SMARTS) is 1. The van der Waals surface area contributed by atoms with Crippen LogP contribution in [0, 0.1) is 6.92 Å². The minimum Gasteiger partial charge on any atom is -0.481 e. The number of hydrogen-bond acceptors (Lipinski definition) is 5. The summed E-state index contributed by atoms with van der Waals surface area (Å²) < 4.78 is 1.45. The van der Waals surface area contributed by atoms with Crippen molar-refractivity contribution in [3.05, 3.63) is 75.8 Å². The first kappa shape index (κ1) is 20.0. The van der Waals surface area contributed by atoms with Crippen molar-refractivity contribution in [2.75, 3.05) is 0 Å². The molecule has 1 amide bonds. The molecule has 3 N–H and O–H groups in total. The van der Waals surface area contributed by atoms with Crippen LogP contribution < -0.4 is 10.9 Å². The van der Waals surface area contributed by atoms with Gasteiger partial charge in [0, 0.05) is 18.5 Å². The molecule has 0 aliphatic heterocycles. The van der Waals surface area contributed by atoms with Crippen molar-refractivity contribution in [3.8, 4) is 5.82 Å². The van der Waals surface area contributed by atoms with Crippen LogP contribution in [-0.4, -0.2) is 43.0 Å². The van der Waals surface area contributed by atoms with Crippen molar-refractivity contribution in [2.24, 2.45) is 0 Å². The van der Waals surface area contributed by atoms with Crippen LogP contribution in [0.3, 0.4) is 0 Å². The van der Waals surface area contributed by atoms with Gasteiger partial charge in [0.25, 0.3) is 11.5 Å². The molecule has 0 fully saturated rings. The number of amides is 1. The molecule has 0 aliphatic rings. The predicted molar refractivity (Wildman–Crippen MR) is 105 cm³/mol. The summed E-state index contributed by atoms with van der Waals surface area (Å²) >= 11 is 0. The lowest BCUT2D eigenvalue weighted by Gasteiger charge is -2.18. The number of nitrogens with one attached hydrogen (secondary N) is 2. The van der Waals surface area contributed by atoms with Gasteiger partial charge < -0.3 is 10.4 Å². The lowest BCUT2D eigenvalue weighted by molar-refractivity contribution is -0.137. The van der Waals surface area contributed by atoms with Gasteiger partial charge in [0.05, 0.1) is 17.5 Å². The number of aliphatic carboxylic acids is 1. The summed E-state index contributed by atoms with van der Waals surface area (Å²) in [6, 6.07) is 12.1. The quantitative estimate of drug-likeness (QED) is 0.529. The van der Waals surface area contributed by atoms with E-state index in [4.69, 9.17) is 5.11 Å². The molecule has 0 aliphatic carbocycles. The molecule has 9 heteroatoms. The lowest BCUT2D eigenvalue weighted by Crippen LogP contribution is -2.37. The molecule has 150 valence electrons. The third-order valence-corrected chi connectivity index (χ3v) is 4.50. The fourth-order valence-electron chi connectivity index (χ4n) is 3.00. The van der Waals surface area contributed by atoms with E-state index in [-0.39, 0.29) is 23.9 Å². The first-order valence-corrected chi connectivity index (χ1v) is 9.11. The number of aromatic amines is 1. The number of aromatic nitrogens is 4. The average Bonchev–Trinajstić information content (AvgIpc) is 3.09. The SMILES string of the molecule is Cc1c(C(=O)NC(CCC(=O)O)Cc2ccccc2)cnn1-c1ccc(=O)[nH]n1. The minimum absolute atomic E-state index is 0.0443. The van der Waals surface area contributed by atoms with Crippen molar-refractivity contribution in [2.45, 2.75) is 32.2 Å². The number of H-pyrrole nitrogens is 1. The highest BCUT2D eigenvalue weighted by molar-refractivity contribution is 5.95. The van der Waals surface area contributed by atoms with Crippen LogP contribution >= 0.6 is 0 Å². The summed E-state index contributed by atoms with van der Waals surface area (Å²) in [6.45, 7) is 1.72. The highest BCUT2D eigenvalue weighted by atomic mass is 16.4. The molecule has 29 heavy (non-hydrogen) atoms. The van der Waals surface area contributed by atoms with E-state index >= 15 is 0 Å². The summed E-state index contributed by atoms with van der Waals surface area (Å²) in [5, 5.41) is 22.4. The number of carbonyl (C=O) groups is 2. The molecule has 2 aromatic heterocycles. The van der Waals surface area contributed by atoms with Gasteiger partial charge >= 0.3 is 5.97 Å². The van der Waals surface area contributed by atoms with E-state index in [1.807, 2.05) is 30.3 Å². The molecule has 1 unspecified atom stereocenters. The molecule has 0 spiro atoms. The molecule has 3 aromatic rings. The van der Waals surface area contributed by atoms with Crippen LogP contribution in [0.5, 0.6) is 0 Å². The maximum Gasteiger partial charge on any atom is 0.303 e. The van der Waals surface area contributed by atoms with Crippen molar-refractivity contribution < 1.29 is 14.7 Å². The average molecular weight is 395 g/mol. The van der Waals surface area contributed by atoms with E-state index < -0.39 is 5.97 Å². The summed E-state index contributed by atoms with van der Waals surface area (Å²) in [5.41, 5.74) is 1.58. The molecule has 9 nitrogen and oxygen atoms in total. The Bertz CT molecular complexity index is 1040. The second-order valence-corrected chi connectivity index (χ2v) is 6.63. The first-order chi connectivity index (χ1) is 13.9. The van der Waals surface area contributed by atoms with Crippen LogP contribution in [0.25, 0.3) is 5.82 Å². The summed E-state index contributed by atoms with van der Waals surface area (Å²) in [6.07, 6.45) is 2.21. The zero-order chi connectivity index (χ0) is 20.8. The van der Waals surface area contributed by atoms with E-state index in [0.29, 0.717) is 29.9 Å². The molecular weight excluding hydrogens is 374 g/mol. The smallest absolute Gasteiger partial charge is 0.303 e. The second kappa shape index (κ2) is 8.96. The van der Waals surface area contributed by atoms with Gasteiger partial charge in [-0.15, -0.1) is 0 Å². The molecule has 0 radical (unpaired) electrons. The molecule has 0 saturated carbocycles. The van der Waals surface area contributed by atoms with Crippen molar-refractivity contribution in [1.82, 2.24) is 25.3 Å². The van der Waals surface area contributed by atoms with Gasteiger partial charge in [0.15, 0.2) is 5.82 Å². The highest BCUT2D eigenvalue weighted by Crippen LogP contribution is 2.13. The number of benzene rings is 1. The zero-order valence-electron chi connectivity index (χ0n) is 15.8. The number of hydrogen-bond donors (Lipinski definition) is 3. The zero-order valence-corrected chi connectivity index (χ0v) is 15.8. The van der Waals surface area contributed by atoms with Gasteiger partial charge in [-0.1, -0.05) is 30.3 Å². The topological polar surface area (TPSA) is 130 Å². The Kier molecular flexibility index (Phi) is 6.18. The van der Waals surface area contributed by atoms with Crippen LogP contribution in [0.15, 0.2) is 53.5 Å². The van der Waals surface area contributed by atoms with E-state index in [2.05, 4.69) is 20.6 Å². The number of carbonyl (C=O) groups excluding carboxylic acids is 1. The highest BCUT2D eigenvalue weighted by Gasteiger charge is 2.20. The first-order valence-electron chi connectivity index (χ1n) is 9.11. The number of rotatable bonds is 8. The maximum absolute atomic E-state index is 12.8. The predicted octanol–water partition coefficient (Wildman–Crippen LogP) is 1.47. The fourth-order valence-corrected chi connectivity index (χ4v) is 3.00. The van der Waals surface area contributed by atoms with E-state index in [1.54, 1.807) is 6.92 Å². The van der Waals surface area contributed by atoms with Crippen LogP contribution in [0.1, 0.15) is 34.5 Å². The van der Waals surface area contributed by atoms with Gasteiger partial charge in [-0.3, -0.25) is 14.4 Å². The van der Waals surface area contributed by atoms with Crippen LogP contribution in [-0.2, 0) is 11.2 Å². The molecule has 1 aromatic carbocycles. The maximum atomic E-state index is 12.8. The standard InChI is InChI=1S/C20H21N5O4/c1-13-16(12-21-25(13)17-8-9-18(26)24-23-17)20(29)22-15(7-10-19(27)28)11-14-5-3-2-4-6-14/h2-6,8-9,12,15H,7,10-11H2,1H3,(H,22,29)(H,24,26)(H,27,28). The van der Waals surface area contributed by atoms with Gasteiger partial charge in [-0.25, -0.2) is 9.78 Å². The van der Waals surface area contributed by atoms with Crippen molar-refractivity contribution >= 4 is 11.9 Å². The third kappa shape index (κ3) is 5.16. The molecule has 0 saturated heterocycles. The Hall–Kier alpha value is -3.75. The summed E-state index contributed by atoms with van der Waals surface area (Å²) in [4.78, 5) is 35.0. The Labute approximate surface area is 166 Å². The van der Waals surface area contributed by atoms with E-state index in [9.17, 15) is 14.4 Å². The van der Waals surface area contributed by atoms with E-state index in [1.165, 1.54) is 23.0 Å². The Morgan fingerprint density at radius 2 is 1.97 bits per heavy atom. The molecular formula is C20H21N5O4. The summed E-state index contributed by atoms with van der Waals surface area (Å²) in [5.74, 6) is -0.872. The van der Waals surface area contributed by atoms with Crippen molar-refractivity contribution in [3.63, 3.8) is 0 Å². The Morgan fingerprint density at radius 1 is 1.21 bits per heavy atom.